The Labute approximate surface area is 163 Å². The Kier molecular flexibility index (Phi) is 4.58. The van der Waals surface area contributed by atoms with Crippen molar-refractivity contribution in [1.29, 1.82) is 0 Å². The molecule has 0 aromatic heterocycles. The van der Waals surface area contributed by atoms with E-state index in [0.29, 0.717) is 36.6 Å². The van der Waals surface area contributed by atoms with Crippen LogP contribution in [0.3, 0.4) is 0 Å². The maximum atomic E-state index is 12.7. The molecule has 1 saturated carbocycles. The lowest BCUT2D eigenvalue weighted by Gasteiger charge is -2.17. The minimum absolute atomic E-state index is 0.212. The fourth-order valence-electron chi connectivity index (χ4n) is 3.18. The van der Waals surface area contributed by atoms with Crippen LogP contribution in [0.5, 0.6) is 11.5 Å². The highest BCUT2D eigenvalue weighted by Crippen LogP contribution is 2.47. The first-order chi connectivity index (χ1) is 13.5. The van der Waals surface area contributed by atoms with Crippen molar-refractivity contribution in [3.05, 3.63) is 48.0 Å². The molecule has 0 atom stereocenters. The molecule has 28 heavy (non-hydrogen) atoms. The van der Waals surface area contributed by atoms with Gasteiger partial charge in [-0.25, -0.2) is 0 Å². The molecule has 1 aliphatic heterocycles. The second-order valence-corrected chi connectivity index (χ2v) is 7.35. The molecular formula is C21H23N3O4. The maximum Gasteiger partial charge on any atom is 0.240 e. The fourth-order valence-corrected chi connectivity index (χ4v) is 3.18. The van der Waals surface area contributed by atoms with E-state index in [0.717, 1.165) is 11.3 Å². The summed E-state index contributed by atoms with van der Waals surface area (Å²) >= 11 is 0. The second-order valence-electron chi connectivity index (χ2n) is 7.35. The molecule has 0 bridgehead atoms. The van der Waals surface area contributed by atoms with Gasteiger partial charge in [0.1, 0.15) is 5.41 Å². The molecule has 0 radical (unpaired) electrons. The van der Waals surface area contributed by atoms with E-state index in [1.165, 1.54) is 0 Å². The van der Waals surface area contributed by atoms with Gasteiger partial charge in [-0.2, -0.15) is 0 Å². The van der Waals surface area contributed by atoms with E-state index in [9.17, 15) is 9.59 Å². The molecule has 7 nitrogen and oxygen atoms in total. The van der Waals surface area contributed by atoms with Gasteiger partial charge in [-0.3, -0.25) is 9.59 Å². The normalized spacial score (nSPS) is 15.6. The number of hydrogen-bond acceptors (Lipinski definition) is 5. The molecule has 2 amide bonds. The van der Waals surface area contributed by atoms with Crippen LogP contribution >= 0.6 is 0 Å². The Bertz CT molecular complexity index is 904. The summed E-state index contributed by atoms with van der Waals surface area (Å²) < 4.78 is 10.6. The smallest absolute Gasteiger partial charge is 0.240 e. The van der Waals surface area contributed by atoms with E-state index in [4.69, 9.17) is 9.47 Å². The number of anilines is 2. The largest absolute Gasteiger partial charge is 0.454 e. The third kappa shape index (κ3) is 3.47. The summed E-state index contributed by atoms with van der Waals surface area (Å²) in [5.74, 6) is 0.876. The van der Waals surface area contributed by atoms with E-state index in [1.54, 1.807) is 0 Å². The van der Waals surface area contributed by atoms with Crippen molar-refractivity contribution in [3.8, 4) is 11.5 Å². The average Bonchev–Trinajstić information content (AvgIpc) is 3.38. The SMILES string of the molecule is CN(C)c1ccc(NC(=O)C2(C(=O)NCc3ccc4c(c3)OCO4)CC2)cc1. The number of carbonyl (C=O) groups excluding carboxylic acids is 2. The Balaban J connectivity index is 1.36. The predicted molar refractivity (Wildman–Crippen MR) is 105 cm³/mol. The molecule has 7 heteroatoms. The van der Waals surface area contributed by atoms with E-state index in [-0.39, 0.29) is 18.6 Å². The zero-order valence-corrected chi connectivity index (χ0v) is 16.0. The summed E-state index contributed by atoms with van der Waals surface area (Å²) in [7, 11) is 3.91. The number of fused-ring (bicyclic) bond motifs is 1. The Morgan fingerprint density at radius 3 is 2.39 bits per heavy atom. The van der Waals surface area contributed by atoms with Crippen molar-refractivity contribution in [2.24, 2.45) is 5.41 Å². The van der Waals surface area contributed by atoms with Gasteiger partial charge in [0.15, 0.2) is 11.5 Å². The van der Waals surface area contributed by atoms with E-state index >= 15 is 0 Å². The van der Waals surface area contributed by atoms with E-state index in [1.807, 2.05) is 61.5 Å². The van der Waals surface area contributed by atoms with Crippen molar-refractivity contribution < 1.29 is 19.1 Å². The van der Waals surface area contributed by atoms with Gasteiger partial charge in [-0.1, -0.05) is 6.07 Å². The second kappa shape index (κ2) is 7.07. The molecule has 1 fully saturated rings. The van der Waals surface area contributed by atoms with Gasteiger partial charge in [-0.05, 0) is 54.8 Å². The van der Waals surface area contributed by atoms with Crippen LogP contribution in [0.25, 0.3) is 0 Å². The Hall–Kier alpha value is -3.22. The molecular weight excluding hydrogens is 358 g/mol. The zero-order valence-electron chi connectivity index (χ0n) is 16.0. The number of rotatable bonds is 6. The van der Waals surface area contributed by atoms with Crippen LogP contribution < -0.4 is 25.0 Å². The van der Waals surface area contributed by atoms with Crippen molar-refractivity contribution in [2.45, 2.75) is 19.4 Å². The first-order valence-electron chi connectivity index (χ1n) is 9.24. The molecule has 2 aromatic rings. The summed E-state index contributed by atoms with van der Waals surface area (Å²) in [6.45, 7) is 0.548. The van der Waals surface area contributed by atoms with Crippen LogP contribution in [-0.2, 0) is 16.1 Å². The monoisotopic (exact) mass is 381 g/mol. The molecule has 4 rings (SSSR count). The van der Waals surface area contributed by atoms with Crippen molar-refractivity contribution in [2.75, 3.05) is 31.1 Å². The number of ether oxygens (including phenoxy) is 2. The molecule has 2 aliphatic rings. The molecule has 0 saturated heterocycles. The molecule has 146 valence electrons. The first kappa shape index (κ1) is 18.2. The highest BCUT2D eigenvalue weighted by Gasteiger charge is 2.56. The standard InChI is InChI=1S/C21H23N3O4/c1-24(2)16-6-4-15(5-7-16)23-20(26)21(9-10-21)19(25)22-12-14-3-8-17-18(11-14)28-13-27-17/h3-8,11H,9-10,12-13H2,1-2H3,(H,22,25)(H,23,26). The number of amides is 2. The van der Waals surface area contributed by atoms with Gasteiger partial charge in [0, 0.05) is 32.0 Å². The number of nitrogens with one attached hydrogen (secondary N) is 2. The maximum absolute atomic E-state index is 12.7. The lowest BCUT2D eigenvalue weighted by molar-refractivity contribution is -0.134. The number of benzene rings is 2. The third-order valence-corrected chi connectivity index (χ3v) is 5.15. The quantitative estimate of drug-likeness (QED) is 0.752. The van der Waals surface area contributed by atoms with E-state index < -0.39 is 5.41 Å². The van der Waals surface area contributed by atoms with Gasteiger partial charge >= 0.3 is 0 Å². The Morgan fingerprint density at radius 2 is 1.71 bits per heavy atom. The highest BCUT2D eigenvalue weighted by atomic mass is 16.7. The fraction of sp³-hybridized carbons (Fsp3) is 0.333. The first-order valence-corrected chi connectivity index (χ1v) is 9.24. The Morgan fingerprint density at radius 1 is 1.00 bits per heavy atom. The van der Waals surface area contributed by atoms with Crippen molar-refractivity contribution in [1.82, 2.24) is 5.32 Å². The molecule has 0 unspecified atom stereocenters. The van der Waals surface area contributed by atoms with Crippen LogP contribution in [0.4, 0.5) is 11.4 Å². The summed E-state index contributed by atoms with van der Waals surface area (Å²) in [4.78, 5) is 27.4. The molecule has 1 aliphatic carbocycles. The zero-order chi connectivity index (χ0) is 19.7. The van der Waals surface area contributed by atoms with Crippen LogP contribution in [0.2, 0.25) is 0 Å². The minimum Gasteiger partial charge on any atom is -0.454 e. The lowest BCUT2D eigenvalue weighted by atomic mass is 10.0. The van der Waals surface area contributed by atoms with Crippen LogP contribution in [0.15, 0.2) is 42.5 Å². The van der Waals surface area contributed by atoms with Crippen molar-refractivity contribution >= 4 is 23.2 Å². The van der Waals surface area contributed by atoms with Gasteiger partial charge < -0.3 is 25.0 Å². The van der Waals surface area contributed by atoms with Gasteiger partial charge in [-0.15, -0.1) is 0 Å². The molecule has 2 N–H and O–H groups in total. The number of hydrogen-bond donors (Lipinski definition) is 2. The molecule has 1 heterocycles. The number of carbonyl (C=O) groups is 2. The van der Waals surface area contributed by atoms with Crippen molar-refractivity contribution in [3.63, 3.8) is 0 Å². The van der Waals surface area contributed by atoms with Crippen LogP contribution in [-0.4, -0.2) is 32.7 Å². The predicted octanol–water partition coefficient (Wildman–Crippen LogP) is 2.52. The highest BCUT2D eigenvalue weighted by molar-refractivity contribution is 6.13. The van der Waals surface area contributed by atoms with Gasteiger partial charge in [0.25, 0.3) is 0 Å². The van der Waals surface area contributed by atoms with Gasteiger partial charge in [0.2, 0.25) is 18.6 Å². The van der Waals surface area contributed by atoms with Gasteiger partial charge in [0.05, 0.1) is 0 Å². The van der Waals surface area contributed by atoms with Crippen LogP contribution in [0, 0.1) is 5.41 Å². The summed E-state index contributed by atoms with van der Waals surface area (Å²) in [5, 5.41) is 5.75. The van der Waals surface area contributed by atoms with E-state index in [2.05, 4.69) is 10.6 Å². The minimum atomic E-state index is -0.976. The van der Waals surface area contributed by atoms with Crippen LogP contribution in [0.1, 0.15) is 18.4 Å². The molecule has 2 aromatic carbocycles. The summed E-state index contributed by atoms with van der Waals surface area (Å²) in [5.41, 5.74) is 1.65. The third-order valence-electron chi connectivity index (χ3n) is 5.15. The lowest BCUT2D eigenvalue weighted by Crippen LogP contribution is -2.39. The number of nitrogens with zero attached hydrogens (tertiary/aromatic N) is 1. The topological polar surface area (TPSA) is 79.9 Å². The summed E-state index contributed by atoms with van der Waals surface area (Å²) in [6.07, 6.45) is 1.11. The average molecular weight is 381 g/mol. The molecule has 0 spiro atoms. The summed E-state index contributed by atoms with van der Waals surface area (Å²) in [6, 6.07) is 13.1.